The lowest BCUT2D eigenvalue weighted by molar-refractivity contribution is -0.153. The SMILES string of the molecule is C[C@]12C=CCN(Cc3ccccc3)C(=O)[C@H]1[C@H]1C(=O)N(CCCCCO)C3C(=O)N(Cc4ccccc4)CC=C[C@@]31O2. The van der Waals surface area contributed by atoms with Crippen molar-refractivity contribution in [2.24, 2.45) is 11.8 Å². The lowest BCUT2D eigenvalue weighted by Crippen LogP contribution is -2.55. The molecule has 8 heteroatoms. The normalized spacial score (nSPS) is 30.3. The Morgan fingerprint density at radius 3 is 1.98 bits per heavy atom. The van der Waals surface area contributed by atoms with E-state index in [1.54, 1.807) is 14.7 Å². The van der Waals surface area contributed by atoms with Crippen LogP contribution in [0.1, 0.15) is 37.3 Å². The van der Waals surface area contributed by atoms with Crippen LogP contribution in [0.25, 0.3) is 0 Å². The number of unbranched alkanes of at least 4 members (excludes halogenated alkanes) is 2. The Bertz CT molecular complexity index is 1380. The van der Waals surface area contributed by atoms with Gasteiger partial charge in [0.25, 0.3) is 0 Å². The molecule has 2 aromatic carbocycles. The summed E-state index contributed by atoms with van der Waals surface area (Å²) in [4.78, 5) is 48.5. The number of aliphatic hydroxyl groups is 1. The zero-order valence-electron chi connectivity index (χ0n) is 24.1. The topological polar surface area (TPSA) is 90.4 Å². The zero-order chi connectivity index (χ0) is 29.3. The fourth-order valence-corrected chi connectivity index (χ4v) is 7.32. The van der Waals surface area contributed by atoms with E-state index in [-0.39, 0.29) is 24.3 Å². The first-order valence-electron chi connectivity index (χ1n) is 15.0. The average molecular weight is 570 g/mol. The maximum atomic E-state index is 14.5. The van der Waals surface area contributed by atoms with E-state index in [9.17, 15) is 19.5 Å². The third-order valence-corrected chi connectivity index (χ3v) is 9.21. The molecule has 1 N–H and O–H groups in total. The Morgan fingerprint density at radius 1 is 0.762 bits per heavy atom. The number of hydrogen-bond acceptors (Lipinski definition) is 5. The van der Waals surface area contributed by atoms with Gasteiger partial charge >= 0.3 is 0 Å². The molecule has 2 fully saturated rings. The Kier molecular flexibility index (Phi) is 7.77. The highest BCUT2D eigenvalue weighted by atomic mass is 16.5. The second-order valence-electron chi connectivity index (χ2n) is 12.0. The summed E-state index contributed by atoms with van der Waals surface area (Å²) in [5.41, 5.74) is -0.280. The third-order valence-electron chi connectivity index (χ3n) is 9.21. The molecule has 5 atom stereocenters. The molecule has 4 aliphatic rings. The second-order valence-corrected chi connectivity index (χ2v) is 12.0. The molecule has 3 amide bonds. The second kappa shape index (κ2) is 11.5. The molecule has 4 heterocycles. The molecule has 1 unspecified atom stereocenters. The molecule has 42 heavy (non-hydrogen) atoms. The van der Waals surface area contributed by atoms with Gasteiger partial charge in [0, 0.05) is 39.3 Å². The van der Waals surface area contributed by atoms with Gasteiger partial charge in [-0.1, -0.05) is 85.0 Å². The number of hydrogen-bond donors (Lipinski definition) is 1. The fraction of sp³-hybridized carbons (Fsp3) is 0.441. The van der Waals surface area contributed by atoms with Crippen molar-refractivity contribution in [1.82, 2.24) is 14.7 Å². The summed E-state index contributed by atoms with van der Waals surface area (Å²) in [7, 11) is 0. The molecule has 0 saturated carbocycles. The van der Waals surface area contributed by atoms with Gasteiger partial charge in [0.2, 0.25) is 17.7 Å². The number of nitrogens with zero attached hydrogens (tertiary/aromatic N) is 3. The summed E-state index contributed by atoms with van der Waals surface area (Å²) in [5.74, 6) is -2.10. The van der Waals surface area contributed by atoms with Gasteiger partial charge in [-0.15, -0.1) is 0 Å². The molecule has 8 nitrogen and oxygen atoms in total. The molecule has 2 aromatic rings. The number of rotatable bonds is 9. The summed E-state index contributed by atoms with van der Waals surface area (Å²) in [6.45, 7) is 3.98. The molecule has 2 saturated heterocycles. The van der Waals surface area contributed by atoms with E-state index < -0.39 is 29.1 Å². The first kappa shape index (κ1) is 28.4. The summed E-state index contributed by atoms with van der Waals surface area (Å²) in [6, 6.07) is 18.8. The van der Waals surface area contributed by atoms with Crippen molar-refractivity contribution in [3.63, 3.8) is 0 Å². The highest BCUT2D eigenvalue weighted by molar-refractivity contribution is 6.00. The Balaban J connectivity index is 1.37. The van der Waals surface area contributed by atoms with E-state index >= 15 is 0 Å². The molecule has 0 bridgehead atoms. The van der Waals surface area contributed by atoms with Gasteiger partial charge in [0.05, 0.1) is 17.4 Å². The van der Waals surface area contributed by atoms with Gasteiger partial charge in [-0.3, -0.25) is 14.4 Å². The van der Waals surface area contributed by atoms with Crippen LogP contribution in [0.4, 0.5) is 0 Å². The minimum Gasteiger partial charge on any atom is -0.396 e. The van der Waals surface area contributed by atoms with Gasteiger partial charge in [0.1, 0.15) is 11.6 Å². The van der Waals surface area contributed by atoms with Crippen LogP contribution < -0.4 is 0 Å². The standard InChI is InChI=1S/C34H39N3O5/c1-33-17-11-19-35(23-25-13-5-2-6-14-25)30(39)27(33)28-31(40)37(21-9-4-10-22-38)29-32(41)36(20-12-18-34(28,29)42-33)24-26-15-7-3-8-16-26/h2-3,5-8,11-18,27-29,38H,4,9-10,19-24H2,1H3/t27-,28+,29?,33+,34+/m1/s1. The molecular formula is C34H39N3O5. The van der Waals surface area contributed by atoms with Crippen LogP contribution in [0.5, 0.6) is 0 Å². The van der Waals surface area contributed by atoms with Crippen molar-refractivity contribution in [1.29, 1.82) is 0 Å². The van der Waals surface area contributed by atoms with Crippen molar-refractivity contribution in [3.05, 3.63) is 96.1 Å². The minimum absolute atomic E-state index is 0.0814. The van der Waals surface area contributed by atoms with E-state index in [0.29, 0.717) is 45.6 Å². The first-order valence-corrected chi connectivity index (χ1v) is 15.0. The van der Waals surface area contributed by atoms with Crippen molar-refractivity contribution < 1.29 is 24.2 Å². The Morgan fingerprint density at radius 2 is 1.36 bits per heavy atom. The number of carbonyl (C=O) groups is 3. The lowest BCUT2D eigenvalue weighted by atomic mass is 9.74. The quantitative estimate of drug-likeness (QED) is 0.370. The number of carbonyl (C=O) groups excluding carboxylic acids is 3. The van der Waals surface area contributed by atoms with Crippen LogP contribution in [0.3, 0.4) is 0 Å². The number of ether oxygens (including phenoxy) is 1. The lowest BCUT2D eigenvalue weighted by Gasteiger charge is -2.37. The first-order chi connectivity index (χ1) is 20.4. The molecule has 4 aliphatic heterocycles. The van der Waals surface area contributed by atoms with Crippen molar-refractivity contribution in [2.75, 3.05) is 26.2 Å². The summed E-state index contributed by atoms with van der Waals surface area (Å²) in [6.07, 6.45) is 9.72. The number of benzene rings is 2. The van der Waals surface area contributed by atoms with Crippen LogP contribution >= 0.6 is 0 Å². The van der Waals surface area contributed by atoms with E-state index in [2.05, 4.69) is 0 Å². The maximum absolute atomic E-state index is 14.5. The molecule has 220 valence electrons. The zero-order valence-corrected chi connectivity index (χ0v) is 24.1. The molecule has 0 radical (unpaired) electrons. The van der Waals surface area contributed by atoms with Crippen molar-refractivity contribution in [3.8, 4) is 0 Å². The predicted molar refractivity (Wildman–Crippen MR) is 158 cm³/mol. The highest BCUT2D eigenvalue weighted by Crippen LogP contribution is 2.57. The van der Waals surface area contributed by atoms with Crippen LogP contribution in [0.15, 0.2) is 85.0 Å². The number of fused-ring (bicyclic) bond motifs is 2. The van der Waals surface area contributed by atoms with Gasteiger partial charge < -0.3 is 24.5 Å². The number of aliphatic hydroxyl groups excluding tert-OH is 1. The summed E-state index contributed by atoms with van der Waals surface area (Å²) >= 11 is 0. The van der Waals surface area contributed by atoms with Crippen LogP contribution in [0, 0.1) is 11.8 Å². The largest absolute Gasteiger partial charge is 0.396 e. The molecule has 6 rings (SSSR count). The maximum Gasteiger partial charge on any atom is 0.249 e. The number of likely N-dealkylation sites (tertiary alicyclic amines) is 1. The smallest absolute Gasteiger partial charge is 0.249 e. The van der Waals surface area contributed by atoms with Crippen LogP contribution in [0.2, 0.25) is 0 Å². The van der Waals surface area contributed by atoms with Gasteiger partial charge in [-0.05, 0) is 37.3 Å². The van der Waals surface area contributed by atoms with Gasteiger partial charge in [-0.2, -0.15) is 0 Å². The van der Waals surface area contributed by atoms with Gasteiger partial charge in [-0.25, -0.2) is 0 Å². The van der Waals surface area contributed by atoms with Crippen molar-refractivity contribution in [2.45, 2.75) is 56.5 Å². The Labute approximate surface area is 247 Å². The predicted octanol–water partition coefficient (Wildman–Crippen LogP) is 3.32. The molecule has 0 aromatic heterocycles. The summed E-state index contributed by atoms with van der Waals surface area (Å²) < 4.78 is 6.92. The van der Waals surface area contributed by atoms with E-state index in [0.717, 1.165) is 17.5 Å². The Hall–Kier alpha value is -3.75. The van der Waals surface area contributed by atoms with E-state index in [1.165, 1.54) is 0 Å². The molecule has 1 spiro atoms. The highest BCUT2D eigenvalue weighted by Gasteiger charge is 2.74. The molecular weight excluding hydrogens is 530 g/mol. The fourth-order valence-electron chi connectivity index (χ4n) is 7.32. The number of amides is 3. The van der Waals surface area contributed by atoms with Gasteiger partial charge in [0.15, 0.2) is 0 Å². The van der Waals surface area contributed by atoms with Crippen molar-refractivity contribution >= 4 is 17.7 Å². The summed E-state index contributed by atoms with van der Waals surface area (Å²) in [5, 5.41) is 9.31. The monoisotopic (exact) mass is 569 g/mol. The minimum atomic E-state index is -1.26. The van der Waals surface area contributed by atoms with Crippen LogP contribution in [-0.2, 0) is 32.2 Å². The molecule has 0 aliphatic carbocycles. The average Bonchev–Trinajstić information content (AvgIpc) is 3.27. The van der Waals surface area contributed by atoms with E-state index in [4.69, 9.17) is 4.74 Å². The van der Waals surface area contributed by atoms with E-state index in [1.807, 2.05) is 91.9 Å². The third kappa shape index (κ3) is 4.86. The van der Waals surface area contributed by atoms with Crippen LogP contribution in [-0.4, -0.2) is 81.0 Å².